The first-order valence-corrected chi connectivity index (χ1v) is 10.5. The number of carbonyl (C=O) groups is 1. The van der Waals surface area contributed by atoms with E-state index in [0.717, 1.165) is 30.4 Å². The summed E-state index contributed by atoms with van der Waals surface area (Å²) < 4.78 is 10.4. The fraction of sp³-hybridized carbons (Fsp3) is 0.409. The minimum atomic E-state index is -0.621. The highest BCUT2D eigenvalue weighted by Gasteiger charge is 2.22. The number of fused-ring (bicyclic) bond motifs is 1. The third kappa shape index (κ3) is 6.76. The Morgan fingerprint density at radius 1 is 1.27 bits per heavy atom. The second kappa shape index (κ2) is 11.8. The molecule has 3 rings (SSSR count). The molecule has 2 atom stereocenters. The number of nitrogens with one attached hydrogen (secondary N) is 1. The molecular weight excluding hydrogens is 449 g/mol. The van der Waals surface area contributed by atoms with Crippen molar-refractivity contribution in [2.75, 3.05) is 19.8 Å². The number of esters is 1. The molecule has 2 aromatic carbocycles. The lowest BCUT2D eigenvalue weighted by atomic mass is 9.88. The quantitative estimate of drug-likeness (QED) is 0.550. The zero-order valence-corrected chi connectivity index (χ0v) is 19.0. The first-order chi connectivity index (χ1) is 14.0. The van der Waals surface area contributed by atoms with Crippen LogP contribution in [0.25, 0.3) is 0 Å². The second-order valence-electron chi connectivity index (χ2n) is 7.06. The Labute approximate surface area is 193 Å². The summed E-state index contributed by atoms with van der Waals surface area (Å²) in [6, 6.07) is 11.3. The van der Waals surface area contributed by atoms with Gasteiger partial charge in [-0.3, -0.25) is 0 Å². The summed E-state index contributed by atoms with van der Waals surface area (Å²) in [5.74, 6) is 0.0638. The average molecular weight is 475 g/mol. The standard InChI is InChI=1S/C22H25Cl2NO4.ClH/c1-2-28-22(27)13-29-21-11-16-9-18(7-6-14(16)10-19(21)24)25-12-20(26)15-4-3-5-17(23)8-15;/h3-5,8,10-11,18,20,25-26H,2,6-7,9,12-13H2,1H3;1H/t18?,20-;/m0./s1. The lowest BCUT2D eigenvalue weighted by molar-refractivity contribution is -0.145. The van der Waals surface area contributed by atoms with E-state index in [1.54, 1.807) is 19.1 Å². The molecule has 164 valence electrons. The van der Waals surface area contributed by atoms with E-state index in [2.05, 4.69) is 5.32 Å². The molecule has 0 saturated heterocycles. The van der Waals surface area contributed by atoms with Crippen LogP contribution in [0.2, 0.25) is 10.0 Å². The first kappa shape index (κ1) is 24.8. The highest BCUT2D eigenvalue weighted by molar-refractivity contribution is 6.32. The van der Waals surface area contributed by atoms with Gasteiger partial charge < -0.3 is 19.9 Å². The minimum absolute atomic E-state index is 0. The maximum atomic E-state index is 11.5. The van der Waals surface area contributed by atoms with Gasteiger partial charge in [-0.15, -0.1) is 12.4 Å². The SMILES string of the molecule is CCOC(=O)COc1cc2c(cc1Cl)CCC(NC[C@H](O)c1cccc(Cl)c1)C2.Cl. The molecule has 0 fully saturated rings. The Kier molecular flexibility index (Phi) is 9.72. The number of aryl methyl sites for hydroxylation is 1. The normalized spacial score (nSPS) is 16.2. The van der Waals surface area contributed by atoms with Crippen molar-refractivity contribution in [2.45, 2.75) is 38.3 Å². The summed E-state index contributed by atoms with van der Waals surface area (Å²) in [7, 11) is 0. The van der Waals surface area contributed by atoms with E-state index in [1.807, 2.05) is 24.3 Å². The van der Waals surface area contributed by atoms with Crippen molar-refractivity contribution in [2.24, 2.45) is 0 Å². The van der Waals surface area contributed by atoms with Gasteiger partial charge in [0, 0.05) is 17.6 Å². The van der Waals surface area contributed by atoms with E-state index < -0.39 is 12.1 Å². The molecule has 0 aliphatic heterocycles. The Balaban J connectivity index is 0.00000320. The van der Waals surface area contributed by atoms with Crippen molar-refractivity contribution < 1.29 is 19.4 Å². The topological polar surface area (TPSA) is 67.8 Å². The summed E-state index contributed by atoms with van der Waals surface area (Å²) in [5.41, 5.74) is 3.11. The molecule has 0 heterocycles. The van der Waals surface area contributed by atoms with E-state index in [4.69, 9.17) is 32.7 Å². The van der Waals surface area contributed by atoms with Crippen molar-refractivity contribution in [3.8, 4) is 5.75 Å². The maximum absolute atomic E-state index is 11.5. The molecule has 2 aromatic rings. The van der Waals surface area contributed by atoms with Gasteiger partial charge in [0.15, 0.2) is 6.61 Å². The van der Waals surface area contributed by atoms with Crippen LogP contribution in [-0.2, 0) is 22.4 Å². The summed E-state index contributed by atoms with van der Waals surface area (Å²) in [6.45, 7) is 2.34. The average Bonchev–Trinajstić information content (AvgIpc) is 2.70. The fourth-order valence-corrected chi connectivity index (χ4v) is 3.93. The highest BCUT2D eigenvalue weighted by Crippen LogP contribution is 2.32. The second-order valence-corrected chi connectivity index (χ2v) is 7.91. The molecule has 5 nitrogen and oxygen atoms in total. The number of rotatable bonds is 8. The van der Waals surface area contributed by atoms with Crippen molar-refractivity contribution in [1.82, 2.24) is 5.32 Å². The largest absolute Gasteiger partial charge is 0.480 e. The van der Waals surface area contributed by atoms with E-state index in [9.17, 15) is 9.90 Å². The highest BCUT2D eigenvalue weighted by atomic mass is 35.5. The summed E-state index contributed by atoms with van der Waals surface area (Å²) >= 11 is 12.3. The van der Waals surface area contributed by atoms with Gasteiger partial charge in [-0.1, -0.05) is 35.3 Å². The van der Waals surface area contributed by atoms with Crippen LogP contribution in [0.15, 0.2) is 36.4 Å². The van der Waals surface area contributed by atoms with Crippen molar-refractivity contribution in [3.05, 3.63) is 63.1 Å². The summed E-state index contributed by atoms with van der Waals surface area (Å²) in [4.78, 5) is 11.5. The number of halogens is 3. The number of aliphatic hydroxyl groups excluding tert-OH is 1. The molecule has 0 spiro atoms. The van der Waals surface area contributed by atoms with Gasteiger partial charge in [-0.25, -0.2) is 4.79 Å². The minimum Gasteiger partial charge on any atom is -0.480 e. The van der Waals surface area contributed by atoms with Crippen LogP contribution in [0.4, 0.5) is 0 Å². The van der Waals surface area contributed by atoms with Crippen LogP contribution < -0.4 is 10.1 Å². The third-order valence-electron chi connectivity index (χ3n) is 4.97. The van der Waals surface area contributed by atoms with Crippen LogP contribution in [0.1, 0.15) is 36.1 Å². The molecule has 30 heavy (non-hydrogen) atoms. The molecule has 1 aliphatic carbocycles. The molecule has 0 radical (unpaired) electrons. The fourth-order valence-electron chi connectivity index (χ4n) is 3.49. The van der Waals surface area contributed by atoms with Crippen LogP contribution in [0.5, 0.6) is 5.75 Å². The molecule has 8 heteroatoms. The lowest BCUT2D eigenvalue weighted by Crippen LogP contribution is -2.37. The summed E-state index contributed by atoms with van der Waals surface area (Å²) in [5, 5.41) is 15.0. The number of benzene rings is 2. The molecule has 1 unspecified atom stereocenters. The Hall–Kier alpha value is -1.50. The Morgan fingerprint density at radius 2 is 2.07 bits per heavy atom. The van der Waals surface area contributed by atoms with Crippen molar-refractivity contribution >= 4 is 41.6 Å². The van der Waals surface area contributed by atoms with E-state index in [0.29, 0.717) is 28.9 Å². The van der Waals surface area contributed by atoms with Crippen LogP contribution in [0, 0.1) is 0 Å². The smallest absolute Gasteiger partial charge is 0.344 e. The number of aliphatic hydroxyl groups is 1. The monoisotopic (exact) mass is 473 g/mol. The zero-order valence-electron chi connectivity index (χ0n) is 16.7. The molecule has 0 aromatic heterocycles. The van der Waals surface area contributed by atoms with Gasteiger partial charge in [0.1, 0.15) is 5.75 Å². The van der Waals surface area contributed by atoms with Gasteiger partial charge >= 0.3 is 5.97 Å². The first-order valence-electron chi connectivity index (χ1n) is 9.73. The predicted octanol–water partition coefficient (Wildman–Crippen LogP) is 4.54. The molecule has 1 aliphatic rings. The van der Waals surface area contributed by atoms with Gasteiger partial charge in [0.05, 0.1) is 17.7 Å². The van der Waals surface area contributed by atoms with E-state index >= 15 is 0 Å². The van der Waals surface area contributed by atoms with E-state index in [1.165, 1.54) is 5.56 Å². The lowest BCUT2D eigenvalue weighted by Gasteiger charge is -2.27. The van der Waals surface area contributed by atoms with Crippen LogP contribution in [-0.4, -0.2) is 36.9 Å². The van der Waals surface area contributed by atoms with E-state index in [-0.39, 0.29) is 25.1 Å². The van der Waals surface area contributed by atoms with Crippen LogP contribution in [0.3, 0.4) is 0 Å². The number of hydrogen-bond acceptors (Lipinski definition) is 5. The third-order valence-corrected chi connectivity index (χ3v) is 5.50. The number of ether oxygens (including phenoxy) is 2. The van der Waals surface area contributed by atoms with Gasteiger partial charge in [0.25, 0.3) is 0 Å². The molecular formula is C22H26Cl3NO4. The van der Waals surface area contributed by atoms with Gasteiger partial charge in [0.2, 0.25) is 0 Å². The van der Waals surface area contributed by atoms with Gasteiger partial charge in [-0.2, -0.15) is 0 Å². The predicted molar refractivity (Wildman–Crippen MR) is 121 cm³/mol. The van der Waals surface area contributed by atoms with Crippen molar-refractivity contribution in [3.63, 3.8) is 0 Å². The molecule has 2 N–H and O–H groups in total. The van der Waals surface area contributed by atoms with Crippen molar-refractivity contribution in [1.29, 1.82) is 0 Å². The number of carbonyl (C=O) groups excluding carboxylic acids is 1. The molecule has 0 bridgehead atoms. The molecule has 0 saturated carbocycles. The summed E-state index contributed by atoms with van der Waals surface area (Å²) in [6.07, 6.45) is 2.01. The Morgan fingerprint density at radius 3 is 2.80 bits per heavy atom. The Bertz CT molecular complexity index is 862. The molecule has 0 amide bonds. The maximum Gasteiger partial charge on any atom is 0.344 e. The van der Waals surface area contributed by atoms with Gasteiger partial charge in [-0.05, 0) is 67.1 Å². The zero-order chi connectivity index (χ0) is 20.8. The number of hydrogen-bond donors (Lipinski definition) is 2. The van der Waals surface area contributed by atoms with Crippen LogP contribution >= 0.6 is 35.6 Å².